The quantitative estimate of drug-likeness (QED) is 0.160. The molecule has 0 fully saturated rings. The summed E-state index contributed by atoms with van der Waals surface area (Å²) in [5, 5.41) is 4.75. The summed E-state index contributed by atoms with van der Waals surface area (Å²) >= 11 is 0. The van der Waals surface area contributed by atoms with E-state index in [1.165, 1.54) is 21.7 Å². The summed E-state index contributed by atoms with van der Waals surface area (Å²) < 4.78 is 2.43. The van der Waals surface area contributed by atoms with Crippen LogP contribution in [0.2, 0.25) is 0 Å². The fourth-order valence-electron chi connectivity index (χ4n) is 9.89. The van der Waals surface area contributed by atoms with Crippen LogP contribution in [-0.4, -0.2) is 48.4 Å². The molecule has 0 spiro atoms. The highest BCUT2D eigenvalue weighted by Crippen LogP contribution is 2.45. The van der Waals surface area contributed by atoms with Gasteiger partial charge in [0.15, 0.2) is 0 Å². The summed E-state index contributed by atoms with van der Waals surface area (Å²) in [7, 11) is 0. The Balaban J connectivity index is 1.02. The number of nitrogens with zero attached hydrogens (tertiary/aromatic N) is 7. The highest BCUT2D eigenvalue weighted by molar-refractivity contribution is 6.20. The monoisotopic (exact) mass is 847 g/mol. The van der Waals surface area contributed by atoms with Gasteiger partial charge in [0.25, 0.3) is 0 Å². The van der Waals surface area contributed by atoms with Crippen molar-refractivity contribution < 1.29 is 0 Å². The Labute approximate surface area is 381 Å². The molecule has 7 nitrogen and oxygen atoms in total. The van der Waals surface area contributed by atoms with Gasteiger partial charge in [0.2, 0.25) is 0 Å². The van der Waals surface area contributed by atoms with Crippen molar-refractivity contribution >= 4 is 55.6 Å². The Morgan fingerprint density at radius 1 is 0.369 bits per heavy atom. The summed E-state index contributed by atoms with van der Waals surface area (Å²) in [6.07, 6.45) is 7.84. The van der Waals surface area contributed by atoms with E-state index >= 15 is 0 Å². The molecule has 11 rings (SSSR count). The van der Waals surface area contributed by atoms with Crippen LogP contribution >= 0.6 is 0 Å². The lowest BCUT2D eigenvalue weighted by Crippen LogP contribution is -2.53. The van der Waals surface area contributed by atoms with Crippen molar-refractivity contribution in [3.05, 3.63) is 188 Å². The molecule has 2 aliphatic rings. The van der Waals surface area contributed by atoms with Gasteiger partial charge >= 0.3 is 0 Å². The van der Waals surface area contributed by atoms with Gasteiger partial charge in [-0.05, 0) is 133 Å². The van der Waals surface area contributed by atoms with Crippen molar-refractivity contribution in [3.8, 4) is 27.9 Å². The predicted octanol–water partition coefficient (Wildman–Crippen LogP) is 13.7. The maximum atomic E-state index is 5.36. The Morgan fingerprint density at radius 3 is 1.31 bits per heavy atom. The Hall–Kier alpha value is -7.38. The Morgan fingerprint density at radius 2 is 0.800 bits per heavy atom. The first kappa shape index (κ1) is 40.4. The van der Waals surface area contributed by atoms with Crippen LogP contribution in [-0.2, 0) is 0 Å². The molecule has 0 radical (unpaired) electrons. The molecular formula is C58H53N7. The van der Waals surface area contributed by atoms with Gasteiger partial charge in [0.1, 0.15) is 11.7 Å². The van der Waals surface area contributed by atoms with E-state index in [0.717, 1.165) is 73.0 Å². The molecule has 0 bridgehead atoms. The van der Waals surface area contributed by atoms with Gasteiger partial charge in [-0.2, -0.15) is 0 Å². The van der Waals surface area contributed by atoms with E-state index in [2.05, 4.69) is 221 Å². The minimum atomic E-state index is -0.321. The third-order valence-corrected chi connectivity index (χ3v) is 14.8. The second-order valence-electron chi connectivity index (χ2n) is 19.7. The van der Waals surface area contributed by atoms with Gasteiger partial charge in [-0.15, -0.1) is 0 Å². The molecule has 0 amide bonds. The van der Waals surface area contributed by atoms with Crippen molar-refractivity contribution in [1.82, 2.24) is 14.5 Å². The van der Waals surface area contributed by atoms with Crippen LogP contribution in [0.15, 0.2) is 186 Å². The van der Waals surface area contributed by atoms with E-state index in [-0.39, 0.29) is 22.2 Å². The molecule has 0 unspecified atom stereocenters. The summed E-state index contributed by atoms with van der Waals surface area (Å²) in [6.45, 7) is 18.0. The summed E-state index contributed by atoms with van der Waals surface area (Å²) in [5.41, 5.74) is 10.8. The lowest BCUT2D eigenvalue weighted by Gasteiger charge is -2.41. The van der Waals surface area contributed by atoms with Gasteiger partial charge < -0.3 is 14.4 Å². The Bertz CT molecular complexity index is 3380. The topological polar surface area (TPSA) is 61.9 Å². The number of fused-ring (bicyclic) bond motifs is 5. The number of amidine groups is 2. The van der Waals surface area contributed by atoms with Crippen molar-refractivity contribution in [2.24, 2.45) is 9.98 Å². The zero-order chi connectivity index (χ0) is 44.9. The highest BCUT2D eigenvalue weighted by Gasteiger charge is 2.51. The molecule has 320 valence electrons. The number of aliphatic imine (C=N–C) groups is 2. The third kappa shape index (κ3) is 6.31. The molecule has 5 heterocycles. The van der Waals surface area contributed by atoms with Crippen LogP contribution in [0.25, 0.3) is 60.5 Å². The van der Waals surface area contributed by atoms with E-state index in [1.807, 2.05) is 24.8 Å². The second-order valence-corrected chi connectivity index (χ2v) is 19.7. The number of anilines is 2. The predicted molar refractivity (Wildman–Crippen MR) is 272 cm³/mol. The zero-order valence-corrected chi connectivity index (χ0v) is 38.4. The summed E-state index contributed by atoms with van der Waals surface area (Å²) in [4.78, 5) is 25.1. The highest BCUT2D eigenvalue weighted by atomic mass is 15.3. The van der Waals surface area contributed by atoms with Crippen LogP contribution in [0.4, 0.5) is 11.4 Å². The molecular weight excluding hydrogens is 795 g/mol. The van der Waals surface area contributed by atoms with Gasteiger partial charge in [-0.25, -0.2) is 0 Å². The van der Waals surface area contributed by atoms with E-state index in [9.17, 15) is 0 Å². The Kier molecular flexibility index (Phi) is 9.06. The first-order valence-electron chi connectivity index (χ1n) is 22.6. The third-order valence-electron chi connectivity index (χ3n) is 14.8. The van der Waals surface area contributed by atoms with Crippen molar-refractivity contribution in [2.45, 2.75) is 77.5 Å². The molecule has 65 heavy (non-hydrogen) atoms. The standard InChI is InChI=1S/C58H53N7/c1-55(2)57(5,6)64(46-20-14-10-15-21-46)53(61-55)43-31-41(34-59-36-43)38-24-27-48-40(30-38)26-29-50-49-28-25-39(33-51(49)63(52(48)50)45-18-12-9-13-19-45)42-32-44(37-60-35-42)54-62-56(3,4)58(7,8)65(54)47-22-16-11-17-23-47/h9-37H,1-8H3. The van der Waals surface area contributed by atoms with E-state index < -0.39 is 0 Å². The molecule has 7 heteroatoms. The van der Waals surface area contributed by atoms with Crippen molar-refractivity contribution in [3.63, 3.8) is 0 Å². The van der Waals surface area contributed by atoms with Gasteiger partial charge in [0.05, 0.1) is 33.2 Å². The van der Waals surface area contributed by atoms with Gasteiger partial charge in [-0.3, -0.25) is 20.0 Å². The molecule has 2 aliphatic heterocycles. The van der Waals surface area contributed by atoms with Crippen molar-refractivity contribution in [1.29, 1.82) is 0 Å². The van der Waals surface area contributed by atoms with Crippen molar-refractivity contribution in [2.75, 3.05) is 9.80 Å². The molecule has 3 aromatic heterocycles. The fraction of sp³-hybridized carbons (Fsp3) is 0.207. The molecule has 0 saturated carbocycles. The average Bonchev–Trinajstić information content (AvgIpc) is 3.83. The minimum absolute atomic E-state index is 0.253. The largest absolute Gasteiger partial charge is 0.318 e. The van der Waals surface area contributed by atoms with Gasteiger partial charge in [-0.1, -0.05) is 91.0 Å². The number of pyridine rings is 2. The first-order valence-corrected chi connectivity index (χ1v) is 22.6. The zero-order valence-electron chi connectivity index (χ0n) is 38.4. The SMILES string of the molecule is CC1(C)N=C(c2cncc(-c3ccc4c(ccc5c6ccc(-c7cncc(C8=NC(C)(C)C(C)(C)N8c8ccccc8)c7)cc6n(-c6ccccc6)c45)c3)c2)N(c2ccccc2)C1(C)C. The second kappa shape index (κ2) is 14.6. The maximum Gasteiger partial charge on any atom is 0.138 e. The number of para-hydroxylation sites is 3. The minimum Gasteiger partial charge on any atom is -0.318 e. The lowest BCUT2D eigenvalue weighted by molar-refractivity contribution is 0.338. The number of hydrogen-bond donors (Lipinski definition) is 0. The molecule has 0 saturated heterocycles. The normalized spacial score (nSPS) is 17.2. The van der Waals surface area contributed by atoms with Gasteiger partial charge in [0, 0.05) is 80.3 Å². The van der Waals surface area contributed by atoms with Crippen LogP contribution < -0.4 is 9.80 Å². The number of rotatable bonds is 7. The van der Waals surface area contributed by atoms with E-state index in [0.29, 0.717) is 0 Å². The summed E-state index contributed by atoms with van der Waals surface area (Å²) in [6, 6.07) is 54.6. The van der Waals surface area contributed by atoms with Crippen LogP contribution in [0.5, 0.6) is 0 Å². The number of benzene rings is 6. The fourth-order valence-corrected chi connectivity index (χ4v) is 9.89. The van der Waals surface area contributed by atoms with E-state index in [4.69, 9.17) is 20.0 Å². The summed E-state index contributed by atoms with van der Waals surface area (Å²) in [5.74, 6) is 1.87. The van der Waals surface area contributed by atoms with Crippen LogP contribution in [0, 0.1) is 0 Å². The van der Waals surface area contributed by atoms with E-state index in [1.54, 1.807) is 0 Å². The smallest absolute Gasteiger partial charge is 0.138 e. The molecule has 0 N–H and O–H groups in total. The first-order chi connectivity index (χ1) is 31.2. The molecule has 9 aromatic rings. The maximum absolute atomic E-state index is 5.36. The number of hydrogen-bond acceptors (Lipinski definition) is 6. The molecule has 0 aliphatic carbocycles. The van der Waals surface area contributed by atoms with Crippen LogP contribution in [0.1, 0.15) is 66.5 Å². The average molecular weight is 848 g/mol. The molecule has 0 atom stereocenters. The molecule has 6 aromatic carbocycles. The number of aromatic nitrogens is 3. The lowest BCUT2D eigenvalue weighted by atomic mass is 9.83. The van der Waals surface area contributed by atoms with Crippen LogP contribution in [0.3, 0.4) is 0 Å².